The number of carbonyl (C=O) groups is 3. The molecule has 4 amide bonds. The van der Waals surface area contributed by atoms with E-state index in [4.69, 9.17) is 0 Å². The Morgan fingerprint density at radius 1 is 1.21 bits per heavy atom. The molecule has 0 atom stereocenters. The molecule has 2 aliphatic rings. The van der Waals surface area contributed by atoms with Crippen molar-refractivity contribution >= 4 is 17.8 Å². The largest absolute Gasteiger partial charge is 0.330 e. The van der Waals surface area contributed by atoms with Gasteiger partial charge in [-0.2, -0.15) is 0 Å². The second-order valence-electron chi connectivity index (χ2n) is 6.04. The number of hydrogen-bond acceptors (Lipinski definition) is 3. The first-order chi connectivity index (χ1) is 8.97. The Morgan fingerprint density at radius 2 is 1.84 bits per heavy atom. The number of nitrogens with zero attached hydrogens (tertiary/aromatic N) is 1. The highest BCUT2D eigenvalue weighted by Gasteiger charge is 2.54. The number of rotatable bonds is 4. The molecule has 1 saturated carbocycles. The molecule has 1 saturated heterocycles. The molecule has 1 heterocycles. The van der Waals surface area contributed by atoms with E-state index in [0.29, 0.717) is 25.3 Å². The van der Waals surface area contributed by atoms with Crippen molar-refractivity contribution in [2.45, 2.75) is 52.4 Å². The monoisotopic (exact) mass is 266 g/mol. The maximum absolute atomic E-state index is 12.5. The molecule has 0 aromatic carbocycles. The maximum Gasteiger partial charge on any atom is 0.330 e. The molecule has 1 aliphatic heterocycles. The summed E-state index contributed by atoms with van der Waals surface area (Å²) >= 11 is 0. The van der Waals surface area contributed by atoms with Crippen LogP contribution in [-0.4, -0.2) is 29.3 Å². The van der Waals surface area contributed by atoms with Crippen molar-refractivity contribution < 1.29 is 14.4 Å². The molecule has 1 N–H and O–H groups in total. The molecule has 1 spiro atoms. The molecular formula is C14H22N2O3. The third-order valence-electron chi connectivity index (χ3n) is 4.18. The van der Waals surface area contributed by atoms with Crippen molar-refractivity contribution in [1.29, 1.82) is 0 Å². The number of urea groups is 1. The van der Waals surface area contributed by atoms with Crippen LogP contribution in [0, 0.1) is 11.3 Å². The summed E-state index contributed by atoms with van der Waals surface area (Å²) in [4.78, 5) is 37.5. The molecule has 1 aliphatic carbocycles. The first-order valence-electron chi connectivity index (χ1n) is 7.15. The third kappa shape index (κ3) is 2.51. The van der Waals surface area contributed by atoms with Crippen LogP contribution in [0.5, 0.6) is 0 Å². The first kappa shape index (κ1) is 14.0. The number of amides is 4. The van der Waals surface area contributed by atoms with Crippen molar-refractivity contribution in [1.82, 2.24) is 10.2 Å². The number of barbiturate groups is 1. The summed E-state index contributed by atoms with van der Waals surface area (Å²) in [6.07, 6.45) is 4.68. The quantitative estimate of drug-likeness (QED) is 0.792. The molecule has 0 radical (unpaired) electrons. The van der Waals surface area contributed by atoms with Gasteiger partial charge < -0.3 is 0 Å². The van der Waals surface area contributed by atoms with Crippen molar-refractivity contribution in [3.8, 4) is 0 Å². The van der Waals surface area contributed by atoms with E-state index in [9.17, 15) is 14.4 Å². The van der Waals surface area contributed by atoms with Gasteiger partial charge in [0.15, 0.2) is 0 Å². The van der Waals surface area contributed by atoms with E-state index in [1.807, 2.05) is 0 Å². The zero-order valence-electron chi connectivity index (χ0n) is 11.7. The molecule has 0 bridgehead atoms. The Labute approximate surface area is 113 Å². The van der Waals surface area contributed by atoms with Crippen LogP contribution in [0.1, 0.15) is 52.4 Å². The van der Waals surface area contributed by atoms with Crippen molar-refractivity contribution in [3.05, 3.63) is 0 Å². The summed E-state index contributed by atoms with van der Waals surface area (Å²) in [6.45, 7) is 4.64. The predicted octanol–water partition coefficient (Wildman–Crippen LogP) is 2.06. The summed E-state index contributed by atoms with van der Waals surface area (Å²) in [5, 5.41) is 2.36. The van der Waals surface area contributed by atoms with Crippen molar-refractivity contribution in [2.75, 3.05) is 6.54 Å². The molecule has 0 aromatic rings. The van der Waals surface area contributed by atoms with E-state index in [2.05, 4.69) is 19.2 Å². The van der Waals surface area contributed by atoms with Crippen LogP contribution >= 0.6 is 0 Å². The van der Waals surface area contributed by atoms with Gasteiger partial charge in [0, 0.05) is 6.54 Å². The molecule has 106 valence electrons. The van der Waals surface area contributed by atoms with Crippen LogP contribution in [-0.2, 0) is 9.59 Å². The van der Waals surface area contributed by atoms with Gasteiger partial charge in [-0.3, -0.25) is 19.8 Å². The van der Waals surface area contributed by atoms with E-state index < -0.39 is 11.4 Å². The maximum atomic E-state index is 12.5. The van der Waals surface area contributed by atoms with E-state index in [-0.39, 0.29) is 11.8 Å². The van der Waals surface area contributed by atoms with Gasteiger partial charge >= 0.3 is 6.03 Å². The minimum absolute atomic E-state index is 0.275. The molecule has 19 heavy (non-hydrogen) atoms. The van der Waals surface area contributed by atoms with Crippen molar-refractivity contribution in [3.63, 3.8) is 0 Å². The zero-order chi connectivity index (χ0) is 14.0. The Morgan fingerprint density at radius 3 is 2.42 bits per heavy atom. The lowest BCUT2D eigenvalue weighted by Crippen LogP contribution is -2.63. The summed E-state index contributed by atoms with van der Waals surface area (Å²) in [5.41, 5.74) is -0.953. The van der Waals surface area contributed by atoms with E-state index >= 15 is 0 Å². The molecule has 2 fully saturated rings. The molecule has 0 unspecified atom stereocenters. The number of hydrogen-bond donors (Lipinski definition) is 1. The normalized spacial score (nSPS) is 22.5. The minimum Gasteiger partial charge on any atom is -0.277 e. The average molecular weight is 266 g/mol. The summed E-state index contributed by atoms with van der Waals surface area (Å²) in [5.74, 6) is -0.118. The van der Waals surface area contributed by atoms with Gasteiger partial charge in [0.05, 0.1) is 0 Å². The van der Waals surface area contributed by atoms with Crippen LogP contribution in [0.15, 0.2) is 0 Å². The van der Waals surface area contributed by atoms with Crippen LogP contribution in [0.25, 0.3) is 0 Å². The standard InChI is InChI=1S/C14H22N2O3/c1-10(2)6-5-9-16-12(18)14(7-3-4-8-14)11(17)15-13(16)19/h10H,3-9H2,1-2H3,(H,15,17,19). The second kappa shape index (κ2) is 5.31. The number of carbonyl (C=O) groups excluding carboxylic acids is 3. The lowest BCUT2D eigenvalue weighted by Gasteiger charge is -2.36. The smallest absolute Gasteiger partial charge is 0.277 e. The van der Waals surface area contributed by atoms with Crippen LogP contribution in [0.4, 0.5) is 4.79 Å². The van der Waals surface area contributed by atoms with Gasteiger partial charge in [0.2, 0.25) is 11.8 Å². The highest BCUT2D eigenvalue weighted by Crippen LogP contribution is 2.41. The molecular weight excluding hydrogens is 244 g/mol. The summed E-state index contributed by atoms with van der Waals surface area (Å²) in [7, 11) is 0. The molecule has 0 aromatic heterocycles. The lowest BCUT2D eigenvalue weighted by molar-refractivity contribution is -0.151. The van der Waals surface area contributed by atoms with E-state index in [1.165, 1.54) is 4.90 Å². The fraction of sp³-hybridized carbons (Fsp3) is 0.786. The summed E-state index contributed by atoms with van der Waals surface area (Å²) in [6, 6.07) is -0.545. The lowest BCUT2D eigenvalue weighted by atomic mass is 9.82. The van der Waals surface area contributed by atoms with Gasteiger partial charge in [0.1, 0.15) is 5.41 Å². The highest BCUT2D eigenvalue weighted by molar-refractivity contribution is 6.19. The van der Waals surface area contributed by atoms with E-state index in [0.717, 1.165) is 25.7 Å². The first-order valence-corrected chi connectivity index (χ1v) is 7.15. The highest BCUT2D eigenvalue weighted by atomic mass is 16.2. The summed E-state index contributed by atoms with van der Waals surface area (Å²) < 4.78 is 0. The topological polar surface area (TPSA) is 66.5 Å². The average Bonchev–Trinajstić information content (AvgIpc) is 2.82. The van der Waals surface area contributed by atoms with Crippen LogP contribution in [0.2, 0.25) is 0 Å². The van der Waals surface area contributed by atoms with Gasteiger partial charge in [-0.25, -0.2) is 4.79 Å². The second-order valence-corrected chi connectivity index (χ2v) is 6.04. The van der Waals surface area contributed by atoms with Crippen LogP contribution < -0.4 is 5.32 Å². The fourth-order valence-electron chi connectivity index (χ4n) is 3.01. The fourth-order valence-corrected chi connectivity index (χ4v) is 3.01. The Hall–Kier alpha value is -1.39. The van der Waals surface area contributed by atoms with Crippen molar-refractivity contribution in [2.24, 2.45) is 11.3 Å². The molecule has 5 heteroatoms. The number of nitrogens with one attached hydrogen (secondary N) is 1. The SMILES string of the molecule is CC(C)CCCN1C(=O)NC(=O)C2(CCCC2)C1=O. The number of imide groups is 2. The molecule has 5 nitrogen and oxygen atoms in total. The Kier molecular flexibility index (Phi) is 3.92. The van der Waals surface area contributed by atoms with E-state index in [1.54, 1.807) is 0 Å². The van der Waals surface area contributed by atoms with Gasteiger partial charge in [-0.1, -0.05) is 26.7 Å². The molecule has 2 rings (SSSR count). The van der Waals surface area contributed by atoms with Gasteiger partial charge in [0.25, 0.3) is 0 Å². The third-order valence-corrected chi connectivity index (χ3v) is 4.18. The zero-order valence-corrected chi connectivity index (χ0v) is 11.7. The van der Waals surface area contributed by atoms with Gasteiger partial charge in [-0.05, 0) is 31.6 Å². The van der Waals surface area contributed by atoms with Gasteiger partial charge in [-0.15, -0.1) is 0 Å². The Bertz CT molecular complexity index is 397. The Balaban J connectivity index is 2.08. The van der Waals surface area contributed by atoms with Crippen LogP contribution in [0.3, 0.4) is 0 Å². The predicted molar refractivity (Wildman–Crippen MR) is 70.2 cm³/mol. The minimum atomic E-state index is -0.953.